The summed E-state index contributed by atoms with van der Waals surface area (Å²) in [6.07, 6.45) is 0.366. The zero-order valence-corrected chi connectivity index (χ0v) is 14.7. The molecule has 1 atom stereocenters. The third-order valence-electron chi connectivity index (χ3n) is 4.81. The van der Waals surface area contributed by atoms with Gasteiger partial charge in [0.1, 0.15) is 5.82 Å². The van der Waals surface area contributed by atoms with Gasteiger partial charge in [-0.1, -0.05) is 31.5 Å². The number of aryl methyl sites for hydroxylation is 1. The lowest BCUT2D eigenvalue weighted by atomic mass is 9.70. The summed E-state index contributed by atoms with van der Waals surface area (Å²) >= 11 is 6.13. The first kappa shape index (κ1) is 18.2. The van der Waals surface area contributed by atoms with Crippen molar-refractivity contribution in [3.05, 3.63) is 34.1 Å². The largest absolute Gasteiger partial charge is 0.387 e. The molecule has 1 aliphatic rings. The van der Waals surface area contributed by atoms with Crippen LogP contribution in [0.5, 0.6) is 0 Å². The molecule has 1 aliphatic heterocycles. The van der Waals surface area contributed by atoms with E-state index in [2.05, 4.69) is 0 Å². The number of likely N-dealkylation sites (tertiary alicyclic amines) is 1. The Bertz CT molecular complexity index is 620. The normalized spacial score (nSPS) is 23.9. The van der Waals surface area contributed by atoms with Crippen LogP contribution < -0.4 is 0 Å². The van der Waals surface area contributed by atoms with Crippen LogP contribution in [0.15, 0.2) is 12.1 Å². The number of benzene rings is 1. The number of carbonyl (C=O) groups excluding carboxylic acids is 1. The van der Waals surface area contributed by atoms with Crippen LogP contribution >= 0.6 is 11.6 Å². The summed E-state index contributed by atoms with van der Waals surface area (Å²) in [5.74, 6) is -1.06. The van der Waals surface area contributed by atoms with Gasteiger partial charge in [0.2, 0.25) is 0 Å². The maximum Gasteiger partial charge on any atom is 0.258 e. The van der Waals surface area contributed by atoms with Crippen LogP contribution in [0.1, 0.15) is 36.2 Å². The monoisotopic (exact) mass is 343 g/mol. The van der Waals surface area contributed by atoms with Crippen molar-refractivity contribution in [1.29, 1.82) is 0 Å². The summed E-state index contributed by atoms with van der Waals surface area (Å²) in [5.41, 5.74) is -1.04. The van der Waals surface area contributed by atoms with Crippen molar-refractivity contribution in [2.45, 2.75) is 32.8 Å². The zero-order chi connectivity index (χ0) is 17.4. The van der Waals surface area contributed by atoms with Crippen molar-refractivity contribution in [2.75, 3.05) is 26.8 Å². The number of amides is 1. The lowest BCUT2D eigenvalue weighted by Gasteiger charge is -2.50. The molecule has 1 amide bonds. The average Bonchev–Trinajstić information content (AvgIpc) is 2.46. The first-order chi connectivity index (χ1) is 10.6. The van der Waals surface area contributed by atoms with Crippen molar-refractivity contribution in [1.82, 2.24) is 4.90 Å². The second-order valence-corrected chi connectivity index (χ2v) is 7.26. The van der Waals surface area contributed by atoms with Gasteiger partial charge in [0.15, 0.2) is 0 Å². The fourth-order valence-electron chi connectivity index (χ4n) is 3.05. The molecule has 1 N–H and O–H groups in total. The summed E-state index contributed by atoms with van der Waals surface area (Å²) in [5, 5.41) is 10.9. The van der Waals surface area contributed by atoms with Crippen LogP contribution in [0.25, 0.3) is 0 Å². The molecule has 0 aromatic heterocycles. The average molecular weight is 344 g/mol. The highest BCUT2D eigenvalue weighted by Crippen LogP contribution is 2.39. The molecule has 1 heterocycles. The minimum absolute atomic E-state index is 0.0975. The van der Waals surface area contributed by atoms with Crippen LogP contribution in [-0.4, -0.2) is 48.3 Å². The summed E-state index contributed by atoms with van der Waals surface area (Å²) in [6, 6.07) is 2.80. The molecule has 0 bridgehead atoms. The Labute approximate surface area is 141 Å². The van der Waals surface area contributed by atoms with Crippen LogP contribution in [0, 0.1) is 18.2 Å². The number of halogens is 2. The Kier molecular flexibility index (Phi) is 5.04. The second-order valence-electron chi connectivity index (χ2n) is 6.88. The standard InChI is InChI=1S/C17H23ClFNO3/c1-11-5-6-12(19)13(14(11)18)15(21)20-8-7-17(22,10-23-4)16(2,3)9-20/h5-6,22H,7-10H2,1-4H3/t17-/m1/s1. The molecular weight excluding hydrogens is 321 g/mol. The molecule has 1 aromatic carbocycles. The number of rotatable bonds is 3. The first-order valence-electron chi connectivity index (χ1n) is 7.58. The molecule has 0 saturated carbocycles. The molecular formula is C17H23ClFNO3. The zero-order valence-electron chi connectivity index (χ0n) is 13.9. The predicted octanol–water partition coefficient (Wildman–Crippen LogP) is 3.04. The van der Waals surface area contributed by atoms with E-state index in [4.69, 9.17) is 16.3 Å². The maximum atomic E-state index is 14.1. The number of hydrogen-bond donors (Lipinski definition) is 1. The Morgan fingerprint density at radius 2 is 2.13 bits per heavy atom. The molecule has 1 fully saturated rings. The van der Waals surface area contributed by atoms with E-state index in [1.54, 1.807) is 17.9 Å². The lowest BCUT2D eigenvalue weighted by Crippen LogP contribution is -2.60. The van der Waals surface area contributed by atoms with Gasteiger partial charge in [-0.05, 0) is 25.0 Å². The van der Waals surface area contributed by atoms with E-state index in [1.165, 1.54) is 13.2 Å². The summed E-state index contributed by atoms with van der Waals surface area (Å²) in [6.45, 7) is 6.30. The number of piperidine rings is 1. The lowest BCUT2D eigenvalue weighted by molar-refractivity contribution is -0.144. The van der Waals surface area contributed by atoms with Gasteiger partial charge in [0.25, 0.3) is 5.91 Å². The number of ether oxygens (including phenoxy) is 1. The van der Waals surface area contributed by atoms with Gasteiger partial charge < -0.3 is 14.7 Å². The molecule has 0 radical (unpaired) electrons. The van der Waals surface area contributed by atoms with E-state index >= 15 is 0 Å². The van der Waals surface area contributed by atoms with Gasteiger partial charge in [-0.25, -0.2) is 4.39 Å². The minimum atomic E-state index is -1.02. The van der Waals surface area contributed by atoms with Crippen LogP contribution in [0.2, 0.25) is 5.02 Å². The Hall–Kier alpha value is -1.17. The molecule has 0 spiro atoms. The number of methoxy groups -OCH3 is 1. The number of aliphatic hydroxyl groups is 1. The summed E-state index contributed by atoms with van der Waals surface area (Å²) < 4.78 is 19.2. The Morgan fingerprint density at radius 1 is 1.48 bits per heavy atom. The first-order valence-corrected chi connectivity index (χ1v) is 7.96. The molecule has 1 aromatic rings. The molecule has 0 aliphatic carbocycles. The highest BCUT2D eigenvalue weighted by atomic mass is 35.5. The fourth-order valence-corrected chi connectivity index (χ4v) is 3.29. The third kappa shape index (κ3) is 3.23. The van der Waals surface area contributed by atoms with E-state index in [1.807, 2.05) is 13.8 Å². The van der Waals surface area contributed by atoms with Gasteiger partial charge in [0, 0.05) is 25.6 Å². The molecule has 6 heteroatoms. The molecule has 23 heavy (non-hydrogen) atoms. The molecule has 1 saturated heterocycles. The van der Waals surface area contributed by atoms with Gasteiger partial charge in [-0.2, -0.15) is 0 Å². The van der Waals surface area contributed by atoms with Crippen LogP contribution in [0.3, 0.4) is 0 Å². The Balaban J connectivity index is 2.29. The SMILES string of the molecule is COC[C@]1(O)CCN(C(=O)c2c(F)ccc(C)c2Cl)CC1(C)C. The second kappa shape index (κ2) is 6.38. The minimum Gasteiger partial charge on any atom is -0.387 e. The topological polar surface area (TPSA) is 49.8 Å². The van der Waals surface area contributed by atoms with E-state index in [0.717, 1.165) is 0 Å². The fraction of sp³-hybridized carbons (Fsp3) is 0.588. The third-order valence-corrected chi connectivity index (χ3v) is 5.30. The van der Waals surface area contributed by atoms with Crippen molar-refractivity contribution in [2.24, 2.45) is 5.41 Å². The highest BCUT2D eigenvalue weighted by Gasteiger charge is 2.49. The predicted molar refractivity (Wildman–Crippen MR) is 87.3 cm³/mol. The smallest absolute Gasteiger partial charge is 0.258 e. The van der Waals surface area contributed by atoms with Gasteiger partial charge in [-0.3, -0.25) is 4.79 Å². The van der Waals surface area contributed by atoms with Crippen molar-refractivity contribution in [3.63, 3.8) is 0 Å². The van der Waals surface area contributed by atoms with E-state index in [9.17, 15) is 14.3 Å². The summed E-state index contributed by atoms with van der Waals surface area (Å²) in [7, 11) is 1.54. The number of nitrogens with zero attached hydrogens (tertiary/aromatic N) is 1. The molecule has 4 nitrogen and oxygen atoms in total. The van der Waals surface area contributed by atoms with Gasteiger partial charge in [-0.15, -0.1) is 0 Å². The van der Waals surface area contributed by atoms with E-state index in [-0.39, 0.29) is 17.2 Å². The molecule has 128 valence electrons. The molecule has 2 rings (SSSR count). The van der Waals surface area contributed by atoms with Crippen LogP contribution in [0.4, 0.5) is 4.39 Å². The number of carbonyl (C=O) groups is 1. The van der Waals surface area contributed by atoms with Crippen molar-refractivity contribution >= 4 is 17.5 Å². The quantitative estimate of drug-likeness (QED) is 0.917. The Morgan fingerprint density at radius 3 is 2.70 bits per heavy atom. The maximum absolute atomic E-state index is 14.1. The number of hydrogen-bond acceptors (Lipinski definition) is 3. The van der Waals surface area contributed by atoms with E-state index in [0.29, 0.717) is 25.1 Å². The van der Waals surface area contributed by atoms with E-state index < -0.39 is 22.7 Å². The van der Waals surface area contributed by atoms with Gasteiger partial charge >= 0.3 is 0 Å². The molecule has 0 unspecified atom stereocenters. The highest BCUT2D eigenvalue weighted by molar-refractivity contribution is 6.34. The van der Waals surface area contributed by atoms with Crippen molar-refractivity contribution in [3.8, 4) is 0 Å². The summed E-state index contributed by atoms with van der Waals surface area (Å²) in [4.78, 5) is 14.3. The van der Waals surface area contributed by atoms with Gasteiger partial charge in [0.05, 0.1) is 22.8 Å². The van der Waals surface area contributed by atoms with Crippen molar-refractivity contribution < 1.29 is 19.0 Å². The van der Waals surface area contributed by atoms with Crippen LogP contribution in [-0.2, 0) is 4.74 Å².